The molecule has 0 unspecified atom stereocenters. The number of hydrogen-bond donors (Lipinski definition) is 1. The van der Waals surface area contributed by atoms with Gasteiger partial charge in [-0.15, -0.1) is 0 Å². The highest BCUT2D eigenvalue weighted by Crippen LogP contribution is 2.67. The highest BCUT2D eigenvalue weighted by Gasteiger charge is 2.59. The van der Waals surface area contributed by atoms with E-state index in [0.29, 0.717) is 10.8 Å². The van der Waals surface area contributed by atoms with Crippen LogP contribution in [0.15, 0.2) is 11.6 Å². The quantitative estimate of drug-likeness (QED) is 0.436. The molecule has 0 aromatic rings. The predicted octanol–water partition coefficient (Wildman–Crippen LogP) is 8.02. The van der Waals surface area contributed by atoms with Crippen molar-refractivity contribution < 1.29 is 5.11 Å². The zero-order valence-electron chi connectivity index (χ0n) is 20.9. The van der Waals surface area contributed by atoms with Crippen LogP contribution in [-0.2, 0) is 0 Å². The second-order valence-corrected chi connectivity index (χ2v) is 12.9. The number of rotatable bonds is 6. The summed E-state index contributed by atoms with van der Waals surface area (Å²) in [5.41, 5.74) is 2.59. The van der Waals surface area contributed by atoms with Gasteiger partial charge in [-0.2, -0.15) is 0 Å². The fraction of sp³-hybridized carbons (Fsp3) is 0.931. The molecule has 0 aromatic heterocycles. The van der Waals surface area contributed by atoms with E-state index in [1.54, 1.807) is 5.57 Å². The summed E-state index contributed by atoms with van der Waals surface area (Å²) >= 11 is 0. The van der Waals surface area contributed by atoms with Gasteiger partial charge in [0.1, 0.15) is 0 Å². The summed E-state index contributed by atoms with van der Waals surface area (Å²) in [5.74, 6) is 6.31. The third-order valence-corrected chi connectivity index (χ3v) is 11.3. The molecule has 4 aliphatic carbocycles. The first-order valence-electron chi connectivity index (χ1n) is 13.6. The van der Waals surface area contributed by atoms with Crippen LogP contribution in [-0.4, -0.2) is 11.2 Å². The van der Waals surface area contributed by atoms with Crippen LogP contribution < -0.4 is 0 Å². The zero-order chi connectivity index (χ0) is 21.7. The topological polar surface area (TPSA) is 20.2 Å². The molecule has 0 saturated heterocycles. The van der Waals surface area contributed by atoms with Gasteiger partial charge in [0.2, 0.25) is 0 Å². The molecule has 0 spiro atoms. The highest BCUT2D eigenvalue weighted by molar-refractivity contribution is 5.25. The Kier molecular flexibility index (Phi) is 6.53. The minimum Gasteiger partial charge on any atom is -0.393 e. The van der Waals surface area contributed by atoms with E-state index in [-0.39, 0.29) is 6.10 Å². The van der Waals surface area contributed by atoms with Gasteiger partial charge >= 0.3 is 0 Å². The third kappa shape index (κ3) is 3.74. The fourth-order valence-electron chi connectivity index (χ4n) is 9.30. The van der Waals surface area contributed by atoms with E-state index in [0.717, 1.165) is 54.3 Å². The maximum atomic E-state index is 10.2. The minimum atomic E-state index is -0.0794. The van der Waals surface area contributed by atoms with Gasteiger partial charge in [0.05, 0.1) is 6.10 Å². The minimum absolute atomic E-state index is 0.0794. The summed E-state index contributed by atoms with van der Waals surface area (Å²) in [6.45, 7) is 15.1. The Balaban J connectivity index is 1.47. The molecule has 0 heterocycles. The van der Waals surface area contributed by atoms with Crippen LogP contribution in [0, 0.1) is 52.3 Å². The molecule has 0 aliphatic heterocycles. The molecule has 0 radical (unpaired) electrons. The van der Waals surface area contributed by atoms with Crippen LogP contribution >= 0.6 is 0 Å². The number of fused-ring (bicyclic) bond motifs is 5. The van der Waals surface area contributed by atoms with E-state index in [1.165, 1.54) is 57.8 Å². The molecule has 4 aliphatic rings. The Morgan fingerprint density at radius 3 is 2.47 bits per heavy atom. The van der Waals surface area contributed by atoms with Crippen molar-refractivity contribution in [1.82, 2.24) is 0 Å². The first-order chi connectivity index (χ1) is 14.2. The maximum Gasteiger partial charge on any atom is 0.0577 e. The van der Waals surface area contributed by atoms with Gasteiger partial charge in [-0.1, -0.05) is 66.0 Å². The van der Waals surface area contributed by atoms with E-state index >= 15 is 0 Å². The van der Waals surface area contributed by atoms with Gasteiger partial charge in [0, 0.05) is 0 Å². The highest BCUT2D eigenvalue weighted by atomic mass is 16.3. The Bertz CT molecular complexity index is 634. The Morgan fingerprint density at radius 1 is 1.00 bits per heavy atom. The molecule has 0 aromatic carbocycles. The molecule has 30 heavy (non-hydrogen) atoms. The molecule has 0 amide bonds. The Hall–Kier alpha value is -0.300. The van der Waals surface area contributed by atoms with Crippen molar-refractivity contribution >= 4 is 0 Å². The number of allylic oxidation sites excluding steroid dienone is 1. The normalized spacial score (nSPS) is 45.3. The molecular formula is C29H50O. The predicted molar refractivity (Wildman–Crippen MR) is 128 cm³/mol. The lowest BCUT2D eigenvalue weighted by Crippen LogP contribution is -2.50. The van der Waals surface area contributed by atoms with Crippen LogP contribution in [0.25, 0.3) is 0 Å². The molecule has 3 saturated carbocycles. The van der Waals surface area contributed by atoms with Crippen LogP contribution in [0.2, 0.25) is 0 Å². The largest absolute Gasteiger partial charge is 0.393 e. The lowest BCUT2D eigenvalue weighted by atomic mass is 9.47. The molecule has 0 bridgehead atoms. The van der Waals surface area contributed by atoms with Crippen molar-refractivity contribution in [3.63, 3.8) is 0 Å². The smallest absolute Gasteiger partial charge is 0.0577 e. The van der Waals surface area contributed by atoms with Gasteiger partial charge in [-0.3, -0.25) is 0 Å². The van der Waals surface area contributed by atoms with E-state index < -0.39 is 0 Å². The SMILES string of the molecule is CC[C@H](CC[C@@H](C)[C@H]1CC[C@H]2[C@@H]3CC=C4C[C@H](O)CC[C@]4(C)[C@H]3CC[C@]12C)C(C)C. The number of aliphatic hydroxyl groups excluding tert-OH is 1. The second kappa shape index (κ2) is 8.57. The summed E-state index contributed by atoms with van der Waals surface area (Å²) < 4.78 is 0. The van der Waals surface area contributed by atoms with Crippen molar-refractivity contribution in [3.05, 3.63) is 11.6 Å². The van der Waals surface area contributed by atoms with Crippen molar-refractivity contribution in [2.24, 2.45) is 52.3 Å². The molecular weight excluding hydrogens is 364 g/mol. The Morgan fingerprint density at radius 2 is 1.77 bits per heavy atom. The standard InChI is InChI=1S/C29H50O/c1-7-21(19(2)3)9-8-20(4)25-12-13-26-24-11-10-22-18-23(30)14-16-28(22,5)27(24)15-17-29(25,26)6/h10,19-21,23-27,30H,7-9,11-18H2,1-6H3/t20-,21-,23-,24+,25-,26+,27+,28+,29-/m1/s1. The van der Waals surface area contributed by atoms with Crippen LogP contribution in [0.1, 0.15) is 112 Å². The number of aliphatic hydroxyl groups is 1. The van der Waals surface area contributed by atoms with Gasteiger partial charge in [0.25, 0.3) is 0 Å². The third-order valence-electron chi connectivity index (χ3n) is 11.3. The van der Waals surface area contributed by atoms with Crippen LogP contribution in [0.4, 0.5) is 0 Å². The molecule has 9 atom stereocenters. The molecule has 172 valence electrons. The molecule has 1 nitrogen and oxygen atoms in total. The van der Waals surface area contributed by atoms with Crippen molar-refractivity contribution in [2.75, 3.05) is 0 Å². The zero-order valence-corrected chi connectivity index (χ0v) is 20.9. The first kappa shape index (κ1) is 22.9. The van der Waals surface area contributed by atoms with E-state index in [1.807, 2.05) is 0 Å². The van der Waals surface area contributed by atoms with Crippen LogP contribution in [0.3, 0.4) is 0 Å². The first-order valence-corrected chi connectivity index (χ1v) is 13.6. The summed E-state index contributed by atoms with van der Waals surface area (Å²) in [7, 11) is 0. The summed E-state index contributed by atoms with van der Waals surface area (Å²) in [6, 6.07) is 0. The van der Waals surface area contributed by atoms with Crippen molar-refractivity contribution in [3.8, 4) is 0 Å². The van der Waals surface area contributed by atoms with Gasteiger partial charge in [-0.05, 0) is 110 Å². The van der Waals surface area contributed by atoms with Gasteiger partial charge in [-0.25, -0.2) is 0 Å². The van der Waals surface area contributed by atoms with Crippen molar-refractivity contribution in [2.45, 2.75) is 118 Å². The maximum absolute atomic E-state index is 10.2. The van der Waals surface area contributed by atoms with Gasteiger partial charge < -0.3 is 5.11 Å². The number of hydrogen-bond acceptors (Lipinski definition) is 1. The molecule has 1 N–H and O–H groups in total. The average molecular weight is 415 g/mol. The van der Waals surface area contributed by atoms with E-state index in [2.05, 4.69) is 47.6 Å². The molecule has 1 heteroatoms. The summed E-state index contributed by atoms with van der Waals surface area (Å²) in [5, 5.41) is 10.2. The second-order valence-electron chi connectivity index (χ2n) is 12.9. The summed E-state index contributed by atoms with van der Waals surface area (Å²) in [6.07, 6.45) is 17.1. The van der Waals surface area contributed by atoms with E-state index in [4.69, 9.17) is 0 Å². The van der Waals surface area contributed by atoms with Gasteiger partial charge in [0.15, 0.2) is 0 Å². The lowest BCUT2D eigenvalue weighted by Gasteiger charge is -2.58. The molecule has 4 rings (SSSR count). The average Bonchev–Trinajstić information content (AvgIpc) is 3.06. The van der Waals surface area contributed by atoms with Crippen molar-refractivity contribution in [1.29, 1.82) is 0 Å². The Labute approximate surface area is 187 Å². The van der Waals surface area contributed by atoms with E-state index in [9.17, 15) is 5.11 Å². The summed E-state index contributed by atoms with van der Waals surface area (Å²) in [4.78, 5) is 0. The van der Waals surface area contributed by atoms with Crippen LogP contribution in [0.5, 0.6) is 0 Å². The molecule has 3 fully saturated rings. The monoisotopic (exact) mass is 414 g/mol. The lowest BCUT2D eigenvalue weighted by molar-refractivity contribution is -0.0575. The fourth-order valence-corrected chi connectivity index (χ4v) is 9.30.